The summed E-state index contributed by atoms with van der Waals surface area (Å²) < 4.78 is 4.93. The number of hydrogen-bond donors (Lipinski definition) is 2. The van der Waals surface area contributed by atoms with E-state index in [1.807, 2.05) is 26.0 Å². The van der Waals surface area contributed by atoms with Crippen molar-refractivity contribution in [3.05, 3.63) is 45.5 Å². The van der Waals surface area contributed by atoms with E-state index in [9.17, 15) is 0 Å². The molecule has 0 spiro atoms. The van der Waals surface area contributed by atoms with Crippen LogP contribution < -0.4 is 10.6 Å². The van der Waals surface area contributed by atoms with Gasteiger partial charge in [0.2, 0.25) is 5.89 Å². The molecule has 0 radical (unpaired) electrons. The molecule has 1 unspecified atom stereocenters. The predicted molar refractivity (Wildman–Crippen MR) is 91.9 cm³/mol. The molecule has 1 atom stereocenters. The molecular weight excluding hydrogens is 337 g/mol. The SMILES string of the molecule is CCNC(=NCc1noc(C)n1)NC(C)c1ccc(Cl)cc1Cl. The fourth-order valence-electron chi connectivity index (χ4n) is 2.01. The number of nitrogens with one attached hydrogen (secondary N) is 2. The van der Waals surface area contributed by atoms with Crippen LogP contribution in [0.25, 0.3) is 0 Å². The van der Waals surface area contributed by atoms with Gasteiger partial charge in [0.15, 0.2) is 11.8 Å². The lowest BCUT2D eigenvalue weighted by molar-refractivity contribution is 0.387. The Morgan fingerprint density at radius 2 is 2.17 bits per heavy atom. The maximum Gasteiger partial charge on any atom is 0.223 e. The lowest BCUT2D eigenvalue weighted by Crippen LogP contribution is -2.38. The fourth-order valence-corrected chi connectivity index (χ4v) is 2.58. The summed E-state index contributed by atoms with van der Waals surface area (Å²) in [5, 5.41) is 11.5. The van der Waals surface area contributed by atoms with Gasteiger partial charge in [-0.2, -0.15) is 4.98 Å². The van der Waals surface area contributed by atoms with Crippen LogP contribution in [0.2, 0.25) is 10.0 Å². The highest BCUT2D eigenvalue weighted by Gasteiger charge is 2.12. The van der Waals surface area contributed by atoms with E-state index in [4.69, 9.17) is 27.7 Å². The molecule has 2 rings (SSSR count). The zero-order valence-electron chi connectivity index (χ0n) is 13.2. The lowest BCUT2D eigenvalue weighted by atomic mass is 10.1. The average molecular weight is 356 g/mol. The number of benzene rings is 1. The first-order valence-electron chi connectivity index (χ1n) is 7.28. The molecule has 6 nitrogen and oxygen atoms in total. The van der Waals surface area contributed by atoms with Gasteiger partial charge in [-0.25, -0.2) is 4.99 Å². The Kier molecular flexibility index (Phi) is 6.24. The number of aryl methyl sites for hydroxylation is 1. The van der Waals surface area contributed by atoms with Gasteiger partial charge in [0.05, 0.1) is 6.04 Å². The normalized spacial score (nSPS) is 13.0. The molecular formula is C15H19Cl2N5O. The van der Waals surface area contributed by atoms with Crippen LogP contribution in [0.3, 0.4) is 0 Å². The molecule has 23 heavy (non-hydrogen) atoms. The average Bonchev–Trinajstić information content (AvgIpc) is 2.90. The molecule has 0 saturated heterocycles. The molecule has 0 aliphatic rings. The van der Waals surface area contributed by atoms with Crippen LogP contribution in [0.5, 0.6) is 0 Å². The van der Waals surface area contributed by atoms with Gasteiger partial charge in [-0.05, 0) is 31.5 Å². The number of halogens is 2. The number of aliphatic imine (C=N–C) groups is 1. The Labute approximate surface area is 145 Å². The van der Waals surface area contributed by atoms with Crippen LogP contribution in [0.4, 0.5) is 0 Å². The molecule has 0 bridgehead atoms. The summed E-state index contributed by atoms with van der Waals surface area (Å²) in [7, 11) is 0. The van der Waals surface area contributed by atoms with Crippen LogP contribution >= 0.6 is 23.2 Å². The molecule has 0 aliphatic carbocycles. The summed E-state index contributed by atoms with van der Waals surface area (Å²) in [5.41, 5.74) is 0.942. The molecule has 8 heteroatoms. The molecule has 1 heterocycles. The van der Waals surface area contributed by atoms with Crippen LogP contribution in [0.15, 0.2) is 27.7 Å². The largest absolute Gasteiger partial charge is 0.357 e. The van der Waals surface area contributed by atoms with Gasteiger partial charge in [0.1, 0.15) is 6.54 Å². The van der Waals surface area contributed by atoms with Gasteiger partial charge >= 0.3 is 0 Å². The number of nitrogens with zero attached hydrogens (tertiary/aromatic N) is 3. The summed E-state index contributed by atoms with van der Waals surface area (Å²) in [5.74, 6) is 1.71. The Bertz CT molecular complexity index is 686. The smallest absolute Gasteiger partial charge is 0.223 e. The second kappa shape index (κ2) is 8.17. The molecule has 0 saturated carbocycles. The van der Waals surface area contributed by atoms with Crippen molar-refractivity contribution in [1.82, 2.24) is 20.8 Å². The summed E-state index contributed by atoms with van der Waals surface area (Å²) in [6, 6.07) is 5.40. The van der Waals surface area contributed by atoms with Gasteiger partial charge in [0, 0.05) is 23.5 Å². The number of aromatic nitrogens is 2. The van der Waals surface area contributed by atoms with Crippen LogP contribution in [0, 0.1) is 6.92 Å². The maximum absolute atomic E-state index is 6.24. The quantitative estimate of drug-likeness (QED) is 0.634. The zero-order chi connectivity index (χ0) is 16.8. The van der Waals surface area contributed by atoms with E-state index in [1.165, 1.54) is 0 Å². The number of guanidine groups is 1. The van der Waals surface area contributed by atoms with Gasteiger partial charge in [-0.15, -0.1) is 0 Å². The highest BCUT2D eigenvalue weighted by atomic mass is 35.5. The summed E-state index contributed by atoms with van der Waals surface area (Å²) in [6.45, 7) is 6.80. The molecule has 0 amide bonds. The van der Waals surface area contributed by atoms with Crippen molar-refractivity contribution < 1.29 is 4.52 Å². The van der Waals surface area contributed by atoms with Gasteiger partial charge in [-0.1, -0.05) is 34.4 Å². The van der Waals surface area contributed by atoms with E-state index < -0.39 is 0 Å². The van der Waals surface area contributed by atoms with Gasteiger partial charge in [-0.3, -0.25) is 0 Å². The van der Waals surface area contributed by atoms with E-state index in [0.717, 1.165) is 12.1 Å². The predicted octanol–water partition coefficient (Wildman–Crippen LogP) is 3.50. The van der Waals surface area contributed by atoms with Crippen molar-refractivity contribution >= 4 is 29.2 Å². The second-order valence-corrected chi connectivity index (χ2v) is 5.80. The summed E-state index contributed by atoms with van der Waals surface area (Å²) >= 11 is 12.2. The van der Waals surface area contributed by atoms with E-state index >= 15 is 0 Å². The fraction of sp³-hybridized carbons (Fsp3) is 0.400. The third-order valence-electron chi connectivity index (χ3n) is 3.07. The standard InChI is InChI=1S/C15H19Cl2N5O/c1-4-18-15(19-8-14-21-10(3)23-22-14)20-9(2)12-6-5-11(16)7-13(12)17/h5-7,9H,4,8H2,1-3H3,(H2,18,19,20). The molecule has 2 aromatic rings. The molecule has 1 aromatic heterocycles. The molecule has 0 aliphatic heterocycles. The van der Waals surface area contributed by atoms with Crippen molar-refractivity contribution in [3.8, 4) is 0 Å². The van der Waals surface area contributed by atoms with Crippen molar-refractivity contribution in [2.45, 2.75) is 33.4 Å². The zero-order valence-corrected chi connectivity index (χ0v) is 14.7. The Morgan fingerprint density at radius 1 is 1.39 bits per heavy atom. The minimum atomic E-state index is -0.0374. The molecule has 0 fully saturated rings. The number of hydrogen-bond acceptors (Lipinski definition) is 4. The highest BCUT2D eigenvalue weighted by Crippen LogP contribution is 2.25. The molecule has 2 N–H and O–H groups in total. The lowest BCUT2D eigenvalue weighted by Gasteiger charge is -2.19. The van der Waals surface area contributed by atoms with E-state index in [1.54, 1.807) is 13.0 Å². The first-order valence-corrected chi connectivity index (χ1v) is 8.04. The Hall–Kier alpha value is -1.79. The van der Waals surface area contributed by atoms with Crippen molar-refractivity contribution in [1.29, 1.82) is 0 Å². The van der Waals surface area contributed by atoms with Crippen LogP contribution in [-0.2, 0) is 6.54 Å². The third kappa shape index (κ3) is 5.11. The third-order valence-corrected chi connectivity index (χ3v) is 3.64. The topological polar surface area (TPSA) is 75.3 Å². The first-order chi connectivity index (χ1) is 11.0. The minimum Gasteiger partial charge on any atom is -0.357 e. The second-order valence-electron chi connectivity index (χ2n) is 4.96. The Morgan fingerprint density at radius 3 is 2.78 bits per heavy atom. The van der Waals surface area contributed by atoms with E-state index in [2.05, 4.69) is 25.8 Å². The highest BCUT2D eigenvalue weighted by molar-refractivity contribution is 6.35. The van der Waals surface area contributed by atoms with E-state index in [-0.39, 0.29) is 6.04 Å². The Balaban J connectivity index is 2.08. The monoisotopic (exact) mass is 355 g/mol. The van der Waals surface area contributed by atoms with Crippen LogP contribution in [0.1, 0.15) is 37.2 Å². The minimum absolute atomic E-state index is 0.0374. The first kappa shape index (κ1) is 17.6. The molecule has 1 aromatic carbocycles. The van der Waals surface area contributed by atoms with Crippen LogP contribution in [-0.4, -0.2) is 22.6 Å². The molecule has 124 valence electrons. The summed E-state index contributed by atoms with van der Waals surface area (Å²) in [6.07, 6.45) is 0. The van der Waals surface area contributed by atoms with Gasteiger partial charge in [0.25, 0.3) is 0 Å². The maximum atomic E-state index is 6.24. The summed E-state index contributed by atoms with van der Waals surface area (Å²) in [4.78, 5) is 8.58. The van der Waals surface area contributed by atoms with Crippen molar-refractivity contribution in [2.24, 2.45) is 4.99 Å². The van der Waals surface area contributed by atoms with Crippen molar-refractivity contribution in [3.63, 3.8) is 0 Å². The van der Waals surface area contributed by atoms with Crippen molar-refractivity contribution in [2.75, 3.05) is 6.54 Å². The number of rotatable bonds is 5. The van der Waals surface area contributed by atoms with E-state index in [0.29, 0.717) is 34.3 Å². The van der Waals surface area contributed by atoms with Gasteiger partial charge < -0.3 is 15.2 Å².